The van der Waals surface area contributed by atoms with Gasteiger partial charge in [-0.3, -0.25) is 4.90 Å². The third-order valence-electron chi connectivity index (χ3n) is 6.13. The Morgan fingerprint density at radius 1 is 0.857 bits per heavy atom. The molecule has 0 aromatic heterocycles. The minimum atomic E-state index is -3.62. The molecule has 1 N–H and O–H groups in total. The molecule has 0 radical (unpaired) electrons. The van der Waals surface area contributed by atoms with E-state index in [0.717, 1.165) is 23.6 Å². The van der Waals surface area contributed by atoms with Crippen molar-refractivity contribution in [1.82, 2.24) is 9.21 Å². The molecule has 0 saturated carbocycles. The maximum absolute atomic E-state index is 13.1. The zero-order chi connectivity index (χ0) is 24.7. The fourth-order valence-corrected chi connectivity index (χ4v) is 6.68. The van der Waals surface area contributed by atoms with Gasteiger partial charge in [-0.15, -0.1) is 11.8 Å². The van der Waals surface area contributed by atoms with Crippen molar-refractivity contribution < 1.29 is 18.3 Å². The number of aromatic carboxylic acids is 1. The van der Waals surface area contributed by atoms with E-state index in [-0.39, 0.29) is 11.3 Å². The number of rotatable bonds is 10. The highest BCUT2D eigenvalue weighted by atomic mass is 32.2. The number of benzene rings is 3. The average Bonchev–Trinajstić information content (AvgIpc) is 2.86. The minimum absolute atomic E-state index is 0.0565. The highest BCUT2D eigenvalue weighted by molar-refractivity contribution is 7.99. The average molecular weight is 511 g/mol. The summed E-state index contributed by atoms with van der Waals surface area (Å²) in [4.78, 5) is 15.0. The molecule has 1 aliphatic rings. The van der Waals surface area contributed by atoms with Crippen molar-refractivity contribution in [2.45, 2.75) is 23.6 Å². The SMILES string of the molecule is O=C(O)c1cc(SCCc2ccccc2)ccc1CS(=O)(=O)N1CCN(Cc2ccccc2)CC1. The van der Waals surface area contributed by atoms with E-state index >= 15 is 0 Å². The van der Waals surface area contributed by atoms with Crippen molar-refractivity contribution in [2.24, 2.45) is 0 Å². The van der Waals surface area contributed by atoms with Crippen LogP contribution in [0.5, 0.6) is 0 Å². The smallest absolute Gasteiger partial charge is 0.336 e. The molecular formula is C27H30N2O4S2. The fraction of sp³-hybridized carbons (Fsp3) is 0.296. The largest absolute Gasteiger partial charge is 0.478 e. The molecule has 0 amide bonds. The first-order chi connectivity index (χ1) is 16.9. The molecule has 0 bridgehead atoms. The van der Waals surface area contributed by atoms with Crippen molar-refractivity contribution >= 4 is 27.8 Å². The van der Waals surface area contributed by atoms with Gasteiger partial charge in [-0.1, -0.05) is 66.7 Å². The Kier molecular flexibility index (Phi) is 8.62. The van der Waals surface area contributed by atoms with Gasteiger partial charge in [-0.25, -0.2) is 13.2 Å². The summed E-state index contributed by atoms with van der Waals surface area (Å²) in [5, 5.41) is 9.75. The summed E-state index contributed by atoms with van der Waals surface area (Å²) in [6.07, 6.45) is 0.875. The number of aryl methyl sites for hydroxylation is 1. The fourth-order valence-electron chi connectivity index (χ4n) is 4.20. The lowest BCUT2D eigenvalue weighted by Crippen LogP contribution is -2.48. The van der Waals surface area contributed by atoms with Crippen LogP contribution in [0.3, 0.4) is 0 Å². The standard InChI is InChI=1S/C27H30N2O4S2/c30-27(31)26-19-25(34-18-13-22-7-3-1-4-8-22)12-11-24(26)21-35(32,33)29-16-14-28(15-17-29)20-23-9-5-2-6-10-23/h1-12,19H,13-18,20-21H2,(H,30,31). The van der Waals surface area contributed by atoms with Crippen LogP contribution in [-0.4, -0.2) is 60.6 Å². The minimum Gasteiger partial charge on any atom is -0.478 e. The Labute approximate surface area is 211 Å². The number of hydrogen-bond donors (Lipinski definition) is 1. The molecule has 3 aromatic rings. The molecule has 35 heavy (non-hydrogen) atoms. The van der Waals surface area contributed by atoms with Gasteiger partial charge in [0.1, 0.15) is 0 Å². The molecule has 1 fully saturated rings. The van der Waals surface area contributed by atoms with E-state index in [9.17, 15) is 18.3 Å². The first-order valence-electron chi connectivity index (χ1n) is 11.7. The zero-order valence-corrected chi connectivity index (χ0v) is 21.2. The molecule has 184 valence electrons. The summed E-state index contributed by atoms with van der Waals surface area (Å²) >= 11 is 1.57. The maximum Gasteiger partial charge on any atom is 0.336 e. The molecule has 4 rings (SSSR count). The normalized spacial score (nSPS) is 15.2. The highest BCUT2D eigenvalue weighted by Crippen LogP contribution is 2.25. The monoisotopic (exact) mass is 510 g/mol. The van der Waals surface area contributed by atoms with Crippen molar-refractivity contribution in [3.63, 3.8) is 0 Å². The molecular weight excluding hydrogens is 480 g/mol. The van der Waals surface area contributed by atoms with Gasteiger partial charge in [-0.05, 0) is 35.2 Å². The molecule has 8 heteroatoms. The molecule has 0 atom stereocenters. The van der Waals surface area contributed by atoms with Gasteiger partial charge in [0.05, 0.1) is 11.3 Å². The van der Waals surface area contributed by atoms with E-state index in [4.69, 9.17) is 0 Å². The van der Waals surface area contributed by atoms with Crippen molar-refractivity contribution in [1.29, 1.82) is 0 Å². The van der Waals surface area contributed by atoms with Crippen LogP contribution in [0.2, 0.25) is 0 Å². The number of piperazine rings is 1. The number of carbonyl (C=O) groups is 1. The van der Waals surface area contributed by atoms with E-state index in [1.54, 1.807) is 23.9 Å². The number of hydrogen-bond acceptors (Lipinski definition) is 5. The Hall–Kier alpha value is -2.65. The predicted molar refractivity (Wildman–Crippen MR) is 140 cm³/mol. The van der Waals surface area contributed by atoms with Gasteiger partial charge in [0.2, 0.25) is 10.0 Å². The Bertz CT molecular complexity index is 1230. The van der Waals surface area contributed by atoms with Crippen molar-refractivity contribution in [3.8, 4) is 0 Å². The summed E-state index contributed by atoms with van der Waals surface area (Å²) < 4.78 is 27.7. The van der Waals surface area contributed by atoms with Gasteiger partial charge in [0, 0.05) is 43.4 Å². The van der Waals surface area contributed by atoms with Crippen LogP contribution in [0, 0.1) is 0 Å². The van der Waals surface area contributed by atoms with E-state index < -0.39 is 16.0 Å². The van der Waals surface area contributed by atoms with Crippen molar-refractivity contribution in [2.75, 3.05) is 31.9 Å². The Balaban J connectivity index is 1.36. The lowest BCUT2D eigenvalue weighted by molar-refractivity contribution is 0.0695. The quantitative estimate of drug-likeness (QED) is 0.408. The molecule has 1 aliphatic heterocycles. The number of thioether (sulfide) groups is 1. The van der Waals surface area contributed by atoms with E-state index in [1.807, 2.05) is 42.5 Å². The van der Waals surface area contributed by atoms with Gasteiger partial charge < -0.3 is 5.11 Å². The molecule has 0 unspecified atom stereocenters. The van der Waals surface area contributed by atoms with Gasteiger partial charge >= 0.3 is 5.97 Å². The van der Waals surface area contributed by atoms with E-state index in [1.165, 1.54) is 15.4 Å². The lowest BCUT2D eigenvalue weighted by Gasteiger charge is -2.34. The summed E-state index contributed by atoms with van der Waals surface area (Å²) in [7, 11) is -3.62. The topological polar surface area (TPSA) is 77.9 Å². The molecule has 6 nitrogen and oxygen atoms in total. The third kappa shape index (κ3) is 7.18. The summed E-state index contributed by atoms with van der Waals surface area (Å²) in [6.45, 7) is 2.91. The van der Waals surface area contributed by atoms with Gasteiger partial charge in [0.15, 0.2) is 0 Å². The molecule has 1 saturated heterocycles. The second-order valence-corrected chi connectivity index (χ2v) is 11.8. The van der Waals surface area contributed by atoms with Crippen LogP contribution in [0.25, 0.3) is 0 Å². The third-order valence-corrected chi connectivity index (χ3v) is 8.95. The van der Waals surface area contributed by atoms with Crippen LogP contribution in [-0.2, 0) is 28.7 Å². The van der Waals surface area contributed by atoms with Gasteiger partial charge in [0.25, 0.3) is 0 Å². The van der Waals surface area contributed by atoms with Crippen LogP contribution < -0.4 is 0 Å². The van der Waals surface area contributed by atoms with Crippen LogP contribution in [0.1, 0.15) is 27.0 Å². The zero-order valence-electron chi connectivity index (χ0n) is 19.5. The van der Waals surface area contributed by atoms with Crippen LogP contribution >= 0.6 is 11.8 Å². The number of carboxylic acids is 1. The highest BCUT2D eigenvalue weighted by Gasteiger charge is 2.28. The maximum atomic E-state index is 13.1. The van der Waals surface area contributed by atoms with E-state index in [0.29, 0.717) is 31.7 Å². The summed E-state index contributed by atoms with van der Waals surface area (Å²) in [5.41, 5.74) is 2.82. The van der Waals surface area contributed by atoms with Crippen LogP contribution in [0.4, 0.5) is 0 Å². The lowest BCUT2D eigenvalue weighted by atomic mass is 10.1. The summed E-state index contributed by atoms with van der Waals surface area (Å²) in [6, 6.07) is 25.3. The molecule has 0 aliphatic carbocycles. The first-order valence-corrected chi connectivity index (χ1v) is 14.3. The number of carboxylic acid groups (broad SMARTS) is 1. The molecule has 0 spiro atoms. The second-order valence-electron chi connectivity index (χ2n) is 8.63. The Morgan fingerprint density at radius 3 is 2.11 bits per heavy atom. The predicted octanol–water partition coefficient (Wildman–Crippen LogP) is 4.37. The summed E-state index contributed by atoms with van der Waals surface area (Å²) in [5.74, 6) is -0.593. The second kappa shape index (κ2) is 11.9. The van der Waals surface area contributed by atoms with Gasteiger partial charge in [-0.2, -0.15) is 4.31 Å². The molecule has 1 heterocycles. The number of sulfonamides is 1. The Morgan fingerprint density at radius 2 is 1.49 bits per heavy atom. The van der Waals surface area contributed by atoms with Crippen molar-refractivity contribution in [3.05, 3.63) is 101 Å². The first kappa shape index (κ1) is 25.4. The van der Waals surface area contributed by atoms with E-state index in [2.05, 4.69) is 29.2 Å². The molecule has 3 aromatic carbocycles. The van der Waals surface area contributed by atoms with Crippen LogP contribution in [0.15, 0.2) is 83.8 Å². The number of nitrogens with zero attached hydrogens (tertiary/aromatic N) is 2.